The van der Waals surface area contributed by atoms with Gasteiger partial charge in [0.05, 0.1) is 0 Å². The Bertz CT molecular complexity index is 640. The van der Waals surface area contributed by atoms with Gasteiger partial charge in [-0.2, -0.15) is 0 Å². The lowest BCUT2D eigenvalue weighted by Crippen LogP contribution is -2.43. The van der Waals surface area contributed by atoms with Crippen molar-refractivity contribution in [3.8, 4) is 0 Å². The highest BCUT2D eigenvalue weighted by molar-refractivity contribution is 5.85. The van der Waals surface area contributed by atoms with Gasteiger partial charge in [-0.1, -0.05) is 30.3 Å². The molecule has 0 spiro atoms. The minimum atomic E-state index is -0.515. The Balaban J connectivity index is 1.62. The van der Waals surface area contributed by atoms with Crippen molar-refractivity contribution in [3.05, 3.63) is 54.6 Å². The van der Waals surface area contributed by atoms with Crippen molar-refractivity contribution in [1.82, 2.24) is 14.5 Å². The molecule has 0 saturated carbocycles. The molecule has 114 valence electrons. The number of hydrogen-bond acceptors (Lipinski definition) is 4. The van der Waals surface area contributed by atoms with Crippen molar-refractivity contribution < 1.29 is 14.3 Å². The number of aromatic nitrogens is 2. The van der Waals surface area contributed by atoms with Crippen molar-refractivity contribution in [3.63, 3.8) is 0 Å². The predicted octanol–water partition coefficient (Wildman–Crippen LogP) is 2.06. The van der Waals surface area contributed by atoms with Crippen molar-refractivity contribution >= 4 is 12.0 Å². The van der Waals surface area contributed by atoms with Crippen LogP contribution in [0, 0.1) is 0 Å². The zero-order valence-corrected chi connectivity index (χ0v) is 12.1. The maximum Gasteiger partial charge on any atom is 0.330 e. The molecule has 0 N–H and O–H groups in total. The highest BCUT2D eigenvalue weighted by Gasteiger charge is 2.35. The van der Waals surface area contributed by atoms with Gasteiger partial charge in [0.2, 0.25) is 0 Å². The van der Waals surface area contributed by atoms with Crippen LogP contribution in [0.2, 0.25) is 0 Å². The lowest BCUT2D eigenvalue weighted by atomic mass is 10.2. The van der Waals surface area contributed by atoms with Crippen LogP contribution in [0.25, 0.3) is 0 Å². The highest BCUT2D eigenvalue weighted by Crippen LogP contribution is 2.20. The second-order valence-electron chi connectivity index (χ2n) is 5.20. The summed E-state index contributed by atoms with van der Waals surface area (Å²) in [7, 11) is 0. The molecule has 1 fully saturated rings. The third-order valence-electron chi connectivity index (χ3n) is 3.72. The van der Waals surface area contributed by atoms with Crippen LogP contribution in [0.3, 0.4) is 0 Å². The molecule has 0 aliphatic carbocycles. The number of benzene rings is 1. The monoisotopic (exact) mass is 299 g/mol. The Kier molecular flexibility index (Phi) is 4.18. The summed E-state index contributed by atoms with van der Waals surface area (Å²) in [6.07, 6.45) is 5.98. The van der Waals surface area contributed by atoms with Crippen LogP contribution in [-0.2, 0) is 16.1 Å². The zero-order valence-electron chi connectivity index (χ0n) is 12.1. The first-order valence-electron chi connectivity index (χ1n) is 7.25. The van der Waals surface area contributed by atoms with E-state index >= 15 is 0 Å². The fraction of sp³-hybridized carbons (Fsp3) is 0.312. The van der Waals surface area contributed by atoms with E-state index in [1.165, 1.54) is 17.1 Å². The van der Waals surface area contributed by atoms with Gasteiger partial charge < -0.3 is 9.64 Å². The second-order valence-corrected chi connectivity index (χ2v) is 5.20. The molecule has 1 atom stereocenters. The molecule has 1 aliphatic rings. The van der Waals surface area contributed by atoms with E-state index in [2.05, 4.69) is 4.98 Å². The van der Waals surface area contributed by atoms with Crippen LogP contribution in [-0.4, -0.2) is 39.0 Å². The molecule has 22 heavy (non-hydrogen) atoms. The van der Waals surface area contributed by atoms with Crippen LogP contribution in [0.15, 0.2) is 49.1 Å². The van der Waals surface area contributed by atoms with Gasteiger partial charge in [-0.3, -0.25) is 4.57 Å². The molecule has 1 aliphatic heterocycles. The lowest BCUT2D eigenvalue weighted by Gasteiger charge is -2.23. The van der Waals surface area contributed by atoms with Crippen LogP contribution in [0.5, 0.6) is 0 Å². The topological polar surface area (TPSA) is 64.4 Å². The van der Waals surface area contributed by atoms with Crippen molar-refractivity contribution in [1.29, 1.82) is 0 Å². The number of ether oxygens (including phenoxy) is 1. The molecule has 6 heteroatoms. The first-order chi connectivity index (χ1) is 10.8. The third kappa shape index (κ3) is 3.00. The quantitative estimate of drug-likeness (QED) is 0.814. The van der Waals surface area contributed by atoms with E-state index in [0.717, 1.165) is 12.0 Å². The predicted molar refractivity (Wildman–Crippen MR) is 79.0 cm³/mol. The van der Waals surface area contributed by atoms with Gasteiger partial charge in [-0.15, -0.1) is 0 Å². The van der Waals surface area contributed by atoms with Gasteiger partial charge in [0.1, 0.15) is 19.0 Å². The Morgan fingerprint density at radius 3 is 2.82 bits per heavy atom. The summed E-state index contributed by atoms with van der Waals surface area (Å²) in [6, 6.07) is 8.75. The summed E-state index contributed by atoms with van der Waals surface area (Å²) in [5, 5.41) is 0. The normalized spacial score (nSPS) is 17.5. The summed E-state index contributed by atoms with van der Waals surface area (Å²) in [5.74, 6) is -0.352. The van der Waals surface area contributed by atoms with Gasteiger partial charge in [0, 0.05) is 18.9 Å². The smallest absolute Gasteiger partial charge is 0.330 e. The molecule has 3 rings (SSSR count). The minimum Gasteiger partial charge on any atom is -0.459 e. The summed E-state index contributed by atoms with van der Waals surface area (Å²) < 4.78 is 6.73. The van der Waals surface area contributed by atoms with Gasteiger partial charge in [-0.05, 0) is 18.4 Å². The summed E-state index contributed by atoms with van der Waals surface area (Å²) >= 11 is 0. The number of imidazole rings is 1. The minimum absolute atomic E-state index is 0.225. The zero-order chi connectivity index (χ0) is 15.4. The molecule has 2 heterocycles. The maximum atomic E-state index is 12.3. The van der Waals surface area contributed by atoms with Crippen molar-refractivity contribution in [2.75, 3.05) is 6.54 Å². The van der Waals surface area contributed by atoms with E-state index < -0.39 is 6.04 Å². The summed E-state index contributed by atoms with van der Waals surface area (Å²) in [4.78, 5) is 30.0. The average molecular weight is 299 g/mol. The van der Waals surface area contributed by atoms with Crippen molar-refractivity contribution in [2.45, 2.75) is 25.5 Å². The van der Waals surface area contributed by atoms with E-state index in [0.29, 0.717) is 13.0 Å². The molecule has 0 unspecified atom stereocenters. The Labute approximate surface area is 128 Å². The number of carbonyl (C=O) groups excluding carboxylic acids is 2. The Morgan fingerprint density at radius 1 is 1.27 bits per heavy atom. The molecule has 2 aromatic rings. The number of nitrogens with zero attached hydrogens (tertiary/aromatic N) is 3. The van der Waals surface area contributed by atoms with Gasteiger partial charge >= 0.3 is 12.0 Å². The number of esters is 1. The standard InChI is InChI=1S/C16H17N3O3/c20-15(22-11-13-5-2-1-3-6-13)14-7-4-9-19(14)16(21)18-10-8-17-12-18/h1-3,5-6,8,10,12,14H,4,7,9,11H2/t14-/m0/s1. The second kappa shape index (κ2) is 6.43. The Morgan fingerprint density at radius 2 is 2.09 bits per heavy atom. The maximum absolute atomic E-state index is 12.3. The van der Waals surface area contributed by atoms with Crippen LogP contribution < -0.4 is 0 Å². The fourth-order valence-corrected chi connectivity index (χ4v) is 2.59. The molecule has 6 nitrogen and oxygen atoms in total. The largest absolute Gasteiger partial charge is 0.459 e. The molecule has 1 amide bonds. The molecule has 0 bridgehead atoms. The lowest BCUT2D eigenvalue weighted by molar-refractivity contribution is -0.149. The molecule has 1 aromatic heterocycles. The van der Waals surface area contributed by atoms with Gasteiger partial charge in [-0.25, -0.2) is 14.6 Å². The molecule has 1 saturated heterocycles. The molecule has 0 radical (unpaired) electrons. The first kappa shape index (κ1) is 14.3. The molecule has 1 aromatic carbocycles. The number of amides is 1. The van der Waals surface area contributed by atoms with Gasteiger partial charge in [0.15, 0.2) is 0 Å². The molecular formula is C16H17N3O3. The fourth-order valence-electron chi connectivity index (χ4n) is 2.59. The van der Waals surface area contributed by atoms with E-state index in [9.17, 15) is 9.59 Å². The van der Waals surface area contributed by atoms with E-state index in [4.69, 9.17) is 4.74 Å². The number of likely N-dealkylation sites (tertiary alicyclic amines) is 1. The van der Waals surface area contributed by atoms with Crippen LogP contribution in [0.1, 0.15) is 18.4 Å². The van der Waals surface area contributed by atoms with Crippen LogP contribution in [0.4, 0.5) is 4.79 Å². The number of rotatable bonds is 3. The van der Waals surface area contributed by atoms with E-state index in [1.54, 1.807) is 11.1 Å². The average Bonchev–Trinajstić information content (AvgIpc) is 3.24. The van der Waals surface area contributed by atoms with Crippen LogP contribution >= 0.6 is 0 Å². The van der Waals surface area contributed by atoms with Gasteiger partial charge in [0.25, 0.3) is 0 Å². The van der Waals surface area contributed by atoms with Crippen molar-refractivity contribution in [2.24, 2.45) is 0 Å². The third-order valence-corrected chi connectivity index (χ3v) is 3.72. The van der Waals surface area contributed by atoms with E-state index in [1.807, 2.05) is 30.3 Å². The van der Waals surface area contributed by atoms with E-state index in [-0.39, 0.29) is 18.6 Å². The summed E-state index contributed by atoms with van der Waals surface area (Å²) in [6.45, 7) is 0.783. The first-order valence-corrected chi connectivity index (χ1v) is 7.25. The number of carbonyl (C=O) groups is 2. The Hall–Kier alpha value is -2.63. The highest BCUT2D eigenvalue weighted by atomic mass is 16.5. The number of hydrogen-bond donors (Lipinski definition) is 0. The SMILES string of the molecule is O=C(OCc1ccccc1)[C@@H]1CCCN1C(=O)n1ccnc1. The summed E-state index contributed by atoms with van der Waals surface area (Å²) in [5.41, 5.74) is 0.932. The molecular weight excluding hydrogens is 282 g/mol.